The van der Waals surface area contributed by atoms with Gasteiger partial charge >= 0.3 is 0 Å². The zero-order chi connectivity index (χ0) is 22.4. The first kappa shape index (κ1) is 23.0. The molecule has 8 heteroatoms. The number of nitrogens with one attached hydrogen (secondary N) is 2. The number of aryl methyl sites for hydroxylation is 1. The largest absolute Gasteiger partial charge is 0.496 e. The highest BCUT2D eigenvalue weighted by molar-refractivity contribution is 8.04. The van der Waals surface area contributed by atoms with Gasteiger partial charge in [-0.15, -0.1) is 11.8 Å². The Morgan fingerprint density at radius 1 is 1.16 bits per heavy atom. The number of anilines is 1. The molecule has 0 fully saturated rings. The molecule has 0 atom stereocenters. The third-order valence-electron chi connectivity index (χ3n) is 4.84. The lowest BCUT2D eigenvalue weighted by Crippen LogP contribution is -2.24. The van der Waals surface area contributed by atoms with Crippen LogP contribution in [0.25, 0.3) is 0 Å². The van der Waals surface area contributed by atoms with Gasteiger partial charge in [0.15, 0.2) is 0 Å². The van der Waals surface area contributed by atoms with E-state index in [1.807, 2.05) is 24.3 Å². The molecule has 2 amide bonds. The maximum absolute atomic E-state index is 12.7. The van der Waals surface area contributed by atoms with Gasteiger partial charge in [-0.3, -0.25) is 9.59 Å². The van der Waals surface area contributed by atoms with E-state index in [0.29, 0.717) is 46.6 Å². The molecule has 0 aromatic heterocycles. The van der Waals surface area contributed by atoms with E-state index in [-0.39, 0.29) is 16.8 Å². The summed E-state index contributed by atoms with van der Waals surface area (Å²) in [5.41, 5.74) is 2.89. The van der Waals surface area contributed by atoms with Crippen molar-refractivity contribution < 1.29 is 19.1 Å². The Balaban J connectivity index is 1.73. The minimum atomic E-state index is -0.314. The summed E-state index contributed by atoms with van der Waals surface area (Å²) in [6, 6.07) is 11.1. The summed E-state index contributed by atoms with van der Waals surface area (Å²) < 4.78 is 10.8. The number of amides is 2. The van der Waals surface area contributed by atoms with Crippen molar-refractivity contribution in [1.82, 2.24) is 5.32 Å². The Hall–Kier alpha value is -2.64. The van der Waals surface area contributed by atoms with Crippen molar-refractivity contribution in [3.63, 3.8) is 0 Å². The molecule has 0 aliphatic carbocycles. The van der Waals surface area contributed by atoms with E-state index >= 15 is 0 Å². The fourth-order valence-electron chi connectivity index (χ4n) is 3.08. The number of allylic oxidation sites excluding steroid dienone is 1. The van der Waals surface area contributed by atoms with Crippen LogP contribution in [0.3, 0.4) is 0 Å². The number of carbonyl (C=O) groups excluding carboxylic acids is 2. The topological polar surface area (TPSA) is 76.7 Å². The van der Waals surface area contributed by atoms with Crippen LogP contribution in [0.5, 0.6) is 5.75 Å². The third-order valence-corrected chi connectivity index (χ3v) is 6.29. The highest BCUT2D eigenvalue weighted by Crippen LogP contribution is 2.33. The minimum absolute atomic E-state index is 0.242. The fraction of sp³-hybridized carbons (Fsp3) is 0.304. The standard InChI is InChI=1S/C23H25ClN2O4S/c1-4-15-5-7-16(8-6-15)13-25-22(27)17-11-18(24)19(12-20(17)29-3)26-23(28)21-14(2)30-9-10-31-21/h5-8,11-12H,4,9-10,13H2,1-3H3,(H,25,27)(H,26,28). The molecule has 0 spiro atoms. The van der Waals surface area contributed by atoms with Gasteiger partial charge in [0.05, 0.1) is 30.0 Å². The Morgan fingerprint density at radius 2 is 1.87 bits per heavy atom. The number of halogens is 1. The van der Waals surface area contributed by atoms with Crippen LogP contribution in [0.2, 0.25) is 5.02 Å². The maximum Gasteiger partial charge on any atom is 0.265 e. The molecule has 6 nitrogen and oxygen atoms in total. The number of hydrogen-bond donors (Lipinski definition) is 2. The van der Waals surface area contributed by atoms with Crippen molar-refractivity contribution in [2.75, 3.05) is 24.8 Å². The molecule has 1 heterocycles. The van der Waals surface area contributed by atoms with Crippen LogP contribution in [-0.4, -0.2) is 31.3 Å². The third kappa shape index (κ3) is 5.74. The van der Waals surface area contributed by atoms with Gasteiger partial charge in [-0.05, 0) is 30.5 Å². The van der Waals surface area contributed by atoms with Crippen LogP contribution < -0.4 is 15.4 Å². The molecule has 3 rings (SSSR count). The highest BCUT2D eigenvalue weighted by atomic mass is 35.5. The molecule has 0 bridgehead atoms. The number of thioether (sulfide) groups is 1. The van der Waals surface area contributed by atoms with E-state index in [1.54, 1.807) is 13.0 Å². The predicted molar refractivity (Wildman–Crippen MR) is 125 cm³/mol. The predicted octanol–water partition coefficient (Wildman–Crippen LogP) is 4.77. The molecule has 1 aliphatic heterocycles. The van der Waals surface area contributed by atoms with Gasteiger partial charge in [-0.1, -0.05) is 42.8 Å². The molecule has 2 aromatic carbocycles. The van der Waals surface area contributed by atoms with Gasteiger partial charge in [0.2, 0.25) is 0 Å². The molecular formula is C23H25ClN2O4S. The molecule has 0 saturated carbocycles. The van der Waals surface area contributed by atoms with Gasteiger partial charge < -0.3 is 20.1 Å². The summed E-state index contributed by atoms with van der Waals surface area (Å²) >= 11 is 7.80. The van der Waals surface area contributed by atoms with Crippen molar-refractivity contribution in [3.8, 4) is 5.75 Å². The van der Waals surface area contributed by atoms with Gasteiger partial charge in [0.25, 0.3) is 11.8 Å². The van der Waals surface area contributed by atoms with Crippen molar-refractivity contribution >= 4 is 40.9 Å². The van der Waals surface area contributed by atoms with Gasteiger partial charge in [0, 0.05) is 18.4 Å². The lowest BCUT2D eigenvalue weighted by atomic mass is 10.1. The first-order chi connectivity index (χ1) is 14.9. The zero-order valence-electron chi connectivity index (χ0n) is 17.7. The average molecular weight is 461 g/mol. The second kappa shape index (κ2) is 10.6. The lowest BCUT2D eigenvalue weighted by Gasteiger charge is -2.18. The van der Waals surface area contributed by atoms with Crippen LogP contribution in [-0.2, 0) is 22.5 Å². The minimum Gasteiger partial charge on any atom is -0.496 e. The monoisotopic (exact) mass is 460 g/mol. The molecular weight excluding hydrogens is 436 g/mol. The molecule has 0 radical (unpaired) electrons. The summed E-state index contributed by atoms with van der Waals surface area (Å²) in [6.07, 6.45) is 0.966. The quantitative estimate of drug-likeness (QED) is 0.622. The Morgan fingerprint density at radius 3 is 2.52 bits per heavy atom. The number of ether oxygens (including phenoxy) is 2. The van der Waals surface area contributed by atoms with Crippen LogP contribution in [0, 0.1) is 0 Å². The van der Waals surface area contributed by atoms with Crippen molar-refractivity contribution in [3.05, 3.63) is 68.8 Å². The smallest absolute Gasteiger partial charge is 0.265 e. The molecule has 0 saturated heterocycles. The Bertz CT molecular complexity index is 1010. The second-order valence-electron chi connectivity index (χ2n) is 6.92. The van der Waals surface area contributed by atoms with Crippen molar-refractivity contribution in [2.24, 2.45) is 0 Å². The second-order valence-corrected chi connectivity index (χ2v) is 8.43. The van der Waals surface area contributed by atoms with E-state index in [1.165, 1.54) is 30.5 Å². The summed E-state index contributed by atoms with van der Waals surface area (Å²) in [4.78, 5) is 25.8. The molecule has 164 valence electrons. The maximum atomic E-state index is 12.7. The number of carbonyl (C=O) groups is 2. The molecule has 2 aromatic rings. The summed E-state index contributed by atoms with van der Waals surface area (Å²) in [5, 5.41) is 5.90. The van der Waals surface area contributed by atoms with Crippen LogP contribution in [0.4, 0.5) is 5.69 Å². The number of rotatable bonds is 7. The Kier molecular flexibility index (Phi) is 7.87. The van der Waals surface area contributed by atoms with Gasteiger partial charge in [-0.25, -0.2) is 0 Å². The highest BCUT2D eigenvalue weighted by Gasteiger charge is 2.22. The average Bonchev–Trinajstić information content (AvgIpc) is 2.79. The first-order valence-electron chi connectivity index (χ1n) is 9.94. The summed E-state index contributed by atoms with van der Waals surface area (Å²) in [7, 11) is 1.46. The number of benzene rings is 2. The zero-order valence-corrected chi connectivity index (χ0v) is 19.3. The van der Waals surface area contributed by atoms with E-state index in [2.05, 4.69) is 17.6 Å². The number of methoxy groups -OCH3 is 1. The van der Waals surface area contributed by atoms with Crippen LogP contribution in [0.1, 0.15) is 35.3 Å². The van der Waals surface area contributed by atoms with E-state index < -0.39 is 0 Å². The van der Waals surface area contributed by atoms with Gasteiger partial charge in [0.1, 0.15) is 16.4 Å². The number of hydrogen-bond acceptors (Lipinski definition) is 5. The Labute approximate surface area is 191 Å². The van der Waals surface area contributed by atoms with Crippen molar-refractivity contribution in [2.45, 2.75) is 26.8 Å². The summed E-state index contributed by atoms with van der Waals surface area (Å²) in [6.45, 7) is 4.81. The van der Waals surface area contributed by atoms with Crippen molar-refractivity contribution in [1.29, 1.82) is 0 Å². The fourth-order valence-corrected chi connectivity index (χ4v) is 4.10. The van der Waals surface area contributed by atoms with Crippen LogP contribution in [0.15, 0.2) is 47.1 Å². The van der Waals surface area contributed by atoms with Crippen LogP contribution >= 0.6 is 23.4 Å². The molecule has 2 N–H and O–H groups in total. The van der Waals surface area contributed by atoms with E-state index in [9.17, 15) is 9.59 Å². The normalized spacial score (nSPS) is 13.4. The molecule has 1 aliphatic rings. The SMILES string of the molecule is CCc1ccc(CNC(=O)c2cc(Cl)c(NC(=O)C3=C(C)OCCS3)cc2OC)cc1. The van der Waals surface area contributed by atoms with Gasteiger partial charge in [-0.2, -0.15) is 0 Å². The first-order valence-corrected chi connectivity index (χ1v) is 11.3. The lowest BCUT2D eigenvalue weighted by molar-refractivity contribution is -0.112. The molecule has 31 heavy (non-hydrogen) atoms. The molecule has 0 unspecified atom stereocenters. The van der Waals surface area contributed by atoms with E-state index in [4.69, 9.17) is 21.1 Å². The van der Waals surface area contributed by atoms with E-state index in [0.717, 1.165) is 12.0 Å². The summed E-state index contributed by atoms with van der Waals surface area (Å²) in [5.74, 6) is 0.985.